The molecule has 4 unspecified atom stereocenters. The number of nitrogens with one attached hydrogen (secondary N) is 2. The molecule has 0 amide bonds. The summed E-state index contributed by atoms with van der Waals surface area (Å²) in [5.41, 5.74) is 0. The van der Waals surface area contributed by atoms with Crippen molar-refractivity contribution in [2.24, 2.45) is 11.8 Å². The third kappa shape index (κ3) is 4.89. The van der Waals surface area contributed by atoms with Gasteiger partial charge in [-0.1, -0.05) is 6.92 Å². The Kier molecular flexibility index (Phi) is 6.55. The zero-order valence-corrected chi connectivity index (χ0v) is 16.8. The lowest BCUT2D eigenvalue weighted by Crippen LogP contribution is -2.54. The summed E-state index contributed by atoms with van der Waals surface area (Å²) in [6.07, 6.45) is 10.8. The van der Waals surface area contributed by atoms with Crippen molar-refractivity contribution >= 4 is 21.6 Å². The SMILES string of the molecule is CC1CCSC1CNC1CCCC(C2CCC(S(C)(=O)=O)CC2)N1. The van der Waals surface area contributed by atoms with Crippen molar-refractivity contribution in [3.63, 3.8) is 0 Å². The van der Waals surface area contributed by atoms with Gasteiger partial charge in [0.25, 0.3) is 0 Å². The molecule has 0 aromatic rings. The van der Waals surface area contributed by atoms with Crippen LogP contribution in [0.4, 0.5) is 0 Å². The Hall–Kier alpha value is 0.220. The van der Waals surface area contributed by atoms with Crippen molar-refractivity contribution < 1.29 is 8.42 Å². The van der Waals surface area contributed by atoms with Crippen LogP contribution >= 0.6 is 11.8 Å². The van der Waals surface area contributed by atoms with Gasteiger partial charge >= 0.3 is 0 Å². The van der Waals surface area contributed by atoms with Gasteiger partial charge in [0.2, 0.25) is 0 Å². The Morgan fingerprint density at radius 3 is 2.46 bits per heavy atom. The number of hydrogen-bond donors (Lipinski definition) is 2. The van der Waals surface area contributed by atoms with Crippen LogP contribution in [0.15, 0.2) is 0 Å². The Bertz CT molecular complexity index is 503. The molecule has 1 aliphatic carbocycles. The zero-order chi connectivity index (χ0) is 17.2. The first-order valence-corrected chi connectivity index (χ1v) is 12.7. The minimum Gasteiger partial charge on any atom is -0.301 e. The summed E-state index contributed by atoms with van der Waals surface area (Å²) in [7, 11) is -2.85. The first kappa shape index (κ1) is 19.0. The second-order valence-corrected chi connectivity index (χ2v) is 11.9. The predicted octanol–water partition coefficient (Wildman–Crippen LogP) is 2.79. The van der Waals surface area contributed by atoms with Crippen LogP contribution in [-0.4, -0.2) is 49.7 Å². The highest BCUT2D eigenvalue weighted by Gasteiger charge is 2.34. The van der Waals surface area contributed by atoms with Gasteiger partial charge in [0, 0.05) is 24.1 Å². The molecule has 0 bridgehead atoms. The lowest BCUT2D eigenvalue weighted by atomic mass is 9.80. The fourth-order valence-corrected chi connectivity index (χ4v) is 7.31. The Morgan fingerprint density at radius 2 is 1.83 bits per heavy atom. The third-order valence-corrected chi connectivity index (χ3v) is 9.64. The van der Waals surface area contributed by atoms with Crippen molar-refractivity contribution in [1.82, 2.24) is 10.6 Å². The molecule has 140 valence electrons. The molecule has 6 heteroatoms. The highest BCUT2D eigenvalue weighted by molar-refractivity contribution is 8.00. The molecular formula is C18H34N2O2S2. The van der Waals surface area contributed by atoms with Crippen molar-refractivity contribution in [3.8, 4) is 0 Å². The van der Waals surface area contributed by atoms with Crippen molar-refractivity contribution in [1.29, 1.82) is 0 Å². The maximum atomic E-state index is 11.7. The van der Waals surface area contributed by atoms with E-state index in [1.165, 1.54) is 37.7 Å². The van der Waals surface area contributed by atoms with E-state index in [4.69, 9.17) is 0 Å². The molecule has 2 heterocycles. The highest BCUT2D eigenvalue weighted by Crippen LogP contribution is 2.34. The van der Waals surface area contributed by atoms with E-state index >= 15 is 0 Å². The summed E-state index contributed by atoms with van der Waals surface area (Å²) < 4.78 is 23.5. The summed E-state index contributed by atoms with van der Waals surface area (Å²) >= 11 is 2.12. The molecule has 0 radical (unpaired) electrons. The molecule has 3 rings (SSSR count). The zero-order valence-electron chi connectivity index (χ0n) is 15.2. The van der Waals surface area contributed by atoms with Crippen LogP contribution < -0.4 is 10.6 Å². The maximum absolute atomic E-state index is 11.7. The molecule has 3 fully saturated rings. The molecule has 1 saturated carbocycles. The maximum Gasteiger partial charge on any atom is 0.150 e. The van der Waals surface area contributed by atoms with E-state index < -0.39 is 9.84 Å². The normalized spacial score (nSPS) is 41.4. The molecule has 0 spiro atoms. The number of rotatable bonds is 5. The molecule has 4 atom stereocenters. The summed E-state index contributed by atoms with van der Waals surface area (Å²) in [6, 6.07) is 0.574. The van der Waals surface area contributed by atoms with Gasteiger partial charge in [-0.05, 0) is 69.0 Å². The topological polar surface area (TPSA) is 58.2 Å². The van der Waals surface area contributed by atoms with Crippen molar-refractivity contribution in [2.75, 3.05) is 18.6 Å². The largest absolute Gasteiger partial charge is 0.301 e. The predicted molar refractivity (Wildman–Crippen MR) is 103 cm³/mol. The van der Waals surface area contributed by atoms with Crippen LogP contribution in [-0.2, 0) is 9.84 Å². The standard InChI is InChI=1S/C18H34N2O2S2/c1-13-10-11-23-17(13)12-19-18-5-3-4-16(20-18)14-6-8-15(9-7-14)24(2,21)22/h13-20H,3-12H2,1-2H3. The molecule has 0 aromatic heterocycles. The monoisotopic (exact) mass is 374 g/mol. The molecule has 24 heavy (non-hydrogen) atoms. The minimum atomic E-state index is -2.85. The number of thioether (sulfide) groups is 1. The lowest BCUT2D eigenvalue weighted by Gasteiger charge is -2.39. The Labute approximate surface area is 152 Å². The van der Waals surface area contributed by atoms with Crippen molar-refractivity contribution in [3.05, 3.63) is 0 Å². The molecule has 3 aliphatic rings. The number of hydrogen-bond acceptors (Lipinski definition) is 5. The van der Waals surface area contributed by atoms with Crippen LogP contribution in [0.1, 0.15) is 58.3 Å². The van der Waals surface area contributed by atoms with Crippen LogP contribution in [0, 0.1) is 11.8 Å². The van der Waals surface area contributed by atoms with Gasteiger partial charge in [-0.15, -0.1) is 0 Å². The fourth-order valence-electron chi connectivity index (χ4n) is 4.69. The first-order chi connectivity index (χ1) is 11.4. The highest BCUT2D eigenvalue weighted by atomic mass is 32.2. The van der Waals surface area contributed by atoms with Crippen LogP contribution in [0.2, 0.25) is 0 Å². The number of sulfone groups is 1. The molecule has 2 aliphatic heterocycles. The van der Waals surface area contributed by atoms with E-state index in [0.29, 0.717) is 18.1 Å². The smallest absolute Gasteiger partial charge is 0.150 e. The second kappa shape index (κ2) is 8.28. The second-order valence-electron chi connectivity index (χ2n) is 8.21. The Balaban J connectivity index is 1.44. The minimum absolute atomic E-state index is 0.0906. The van der Waals surface area contributed by atoms with E-state index in [2.05, 4.69) is 29.3 Å². The van der Waals surface area contributed by atoms with E-state index in [1.54, 1.807) is 0 Å². The fraction of sp³-hybridized carbons (Fsp3) is 1.00. The Morgan fingerprint density at radius 1 is 1.08 bits per heavy atom. The average molecular weight is 375 g/mol. The van der Waals surface area contributed by atoms with Gasteiger partial charge in [-0.3, -0.25) is 5.32 Å². The molecule has 0 aromatic carbocycles. The van der Waals surface area contributed by atoms with Gasteiger partial charge in [-0.2, -0.15) is 11.8 Å². The molecule has 2 saturated heterocycles. The quantitative estimate of drug-likeness (QED) is 0.775. The van der Waals surface area contributed by atoms with Gasteiger partial charge < -0.3 is 5.32 Å². The molecular weight excluding hydrogens is 340 g/mol. The van der Waals surface area contributed by atoms with Crippen LogP contribution in [0.3, 0.4) is 0 Å². The van der Waals surface area contributed by atoms with Gasteiger partial charge in [0.05, 0.1) is 11.4 Å². The molecule has 4 nitrogen and oxygen atoms in total. The summed E-state index contributed by atoms with van der Waals surface area (Å²) in [4.78, 5) is 0. The van der Waals surface area contributed by atoms with Gasteiger partial charge in [0.1, 0.15) is 9.84 Å². The third-order valence-electron chi connectivity index (χ3n) is 6.42. The van der Waals surface area contributed by atoms with Gasteiger partial charge in [-0.25, -0.2) is 8.42 Å². The summed E-state index contributed by atoms with van der Waals surface area (Å²) in [5, 5.41) is 8.30. The van der Waals surface area contributed by atoms with Crippen LogP contribution in [0.5, 0.6) is 0 Å². The van der Waals surface area contributed by atoms with Crippen LogP contribution in [0.25, 0.3) is 0 Å². The van der Waals surface area contributed by atoms with E-state index in [9.17, 15) is 8.42 Å². The summed E-state index contributed by atoms with van der Waals surface area (Å²) in [6.45, 7) is 3.50. The first-order valence-electron chi connectivity index (χ1n) is 9.73. The summed E-state index contributed by atoms with van der Waals surface area (Å²) in [5.74, 6) is 2.82. The molecule has 2 N–H and O–H groups in total. The average Bonchev–Trinajstić information content (AvgIpc) is 2.98. The van der Waals surface area contributed by atoms with Gasteiger partial charge in [0.15, 0.2) is 0 Å². The van der Waals surface area contributed by atoms with E-state index in [-0.39, 0.29) is 5.25 Å². The number of piperidine rings is 1. The van der Waals surface area contributed by atoms with Crippen molar-refractivity contribution in [2.45, 2.75) is 81.0 Å². The van der Waals surface area contributed by atoms with E-state index in [1.807, 2.05) is 0 Å². The lowest BCUT2D eigenvalue weighted by molar-refractivity contribution is 0.189. The van der Waals surface area contributed by atoms with E-state index in [0.717, 1.165) is 43.4 Å².